The van der Waals surface area contributed by atoms with Gasteiger partial charge in [0, 0.05) is 32.0 Å². The standard InChI is InChI=1S/C14H24N4O2/c1-3-9-18(12-7-8-15-10-12)14(19)6-4-5-13-16-11(2)17-20-13/h12,15H,3-10H2,1-2H3. The molecule has 1 aliphatic rings. The first-order chi connectivity index (χ1) is 9.70. The second-order valence-corrected chi connectivity index (χ2v) is 5.32. The second kappa shape index (κ2) is 7.38. The van der Waals surface area contributed by atoms with Gasteiger partial charge in [0.05, 0.1) is 0 Å². The van der Waals surface area contributed by atoms with Gasteiger partial charge in [-0.3, -0.25) is 4.79 Å². The minimum Gasteiger partial charge on any atom is -0.339 e. The third-order valence-corrected chi connectivity index (χ3v) is 3.61. The van der Waals surface area contributed by atoms with Gasteiger partial charge in [-0.1, -0.05) is 12.1 Å². The number of aromatic nitrogens is 2. The Labute approximate surface area is 119 Å². The number of carbonyl (C=O) groups is 1. The molecule has 6 nitrogen and oxygen atoms in total. The molecule has 6 heteroatoms. The molecule has 1 N–H and O–H groups in total. The Morgan fingerprint density at radius 3 is 3.00 bits per heavy atom. The minimum absolute atomic E-state index is 0.247. The van der Waals surface area contributed by atoms with Crippen LogP contribution in [0.4, 0.5) is 0 Å². The minimum atomic E-state index is 0.247. The Hall–Kier alpha value is -1.43. The quantitative estimate of drug-likeness (QED) is 0.815. The van der Waals surface area contributed by atoms with Gasteiger partial charge in [-0.15, -0.1) is 0 Å². The van der Waals surface area contributed by atoms with E-state index in [1.54, 1.807) is 6.92 Å². The van der Waals surface area contributed by atoms with Crippen LogP contribution >= 0.6 is 0 Å². The Morgan fingerprint density at radius 1 is 1.55 bits per heavy atom. The van der Waals surface area contributed by atoms with Gasteiger partial charge in [-0.25, -0.2) is 0 Å². The van der Waals surface area contributed by atoms with Gasteiger partial charge in [0.1, 0.15) is 0 Å². The van der Waals surface area contributed by atoms with E-state index in [0.717, 1.165) is 38.9 Å². The van der Waals surface area contributed by atoms with Crippen molar-refractivity contribution in [1.29, 1.82) is 0 Å². The lowest BCUT2D eigenvalue weighted by Gasteiger charge is -2.28. The van der Waals surface area contributed by atoms with Crippen molar-refractivity contribution in [1.82, 2.24) is 20.4 Å². The summed E-state index contributed by atoms with van der Waals surface area (Å²) in [5.74, 6) is 1.52. The smallest absolute Gasteiger partial charge is 0.226 e. The fourth-order valence-corrected chi connectivity index (χ4v) is 2.63. The van der Waals surface area contributed by atoms with Gasteiger partial charge in [0.2, 0.25) is 11.8 Å². The molecule has 0 aliphatic carbocycles. The molecule has 0 saturated carbocycles. The summed E-state index contributed by atoms with van der Waals surface area (Å²) < 4.78 is 5.06. The fourth-order valence-electron chi connectivity index (χ4n) is 2.63. The molecular weight excluding hydrogens is 256 g/mol. The molecule has 2 rings (SSSR count). The monoisotopic (exact) mass is 280 g/mol. The van der Waals surface area contributed by atoms with Crippen molar-refractivity contribution in [2.24, 2.45) is 0 Å². The average molecular weight is 280 g/mol. The number of rotatable bonds is 7. The molecule has 20 heavy (non-hydrogen) atoms. The van der Waals surface area contributed by atoms with E-state index in [1.165, 1.54) is 0 Å². The van der Waals surface area contributed by atoms with E-state index in [2.05, 4.69) is 22.4 Å². The lowest BCUT2D eigenvalue weighted by atomic mass is 10.1. The highest BCUT2D eigenvalue weighted by Gasteiger charge is 2.25. The summed E-state index contributed by atoms with van der Waals surface area (Å²) in [5, 5.41) is 7.08. The van der Waals surface area contributed by atoms with E-state index in [-0.39, 0.29) is 5.91 Å². The van der Waals surface area contributed by atoms with Crippen LogP contribution in [0, 0.1) is 6.92 Å². The van der Waals surface area contributed by atoms with E-state index < -0.39 is 0 Å². The summed E-state index contributed by atoms with van der Waals surface area (Å²) in [5.41, 5.74) is 0. The number of amides is 1. The van der Waals surface area contributed by atoms with E-state index in [4.69, 9.17) is 4.52 Å². The molecule has 2 heterocycles. The normalized spacial score (nSPS) is 18.4. The highest BCUT2D eigenvalue weighted by atomic mass is 16.5. The number of hydrogen-bond acceptors (Lipinski definition) is 5. The van der Waals surface area contributed by atoms with Crippen LogP contribution in [0.2, 0.25) is 0 Å². The first-order valence-corrected chi connectivity index (χ1v) is 7.50. The molecule has 0 spiro atoms. The Kier molecular flexibility index (Phi) is 5.52. The molecule has 0 radical (unpaired) electrons. The van der Waals surface area contributed by atoms with Gasteiger partial charge in [-0.2, -0.15) is 4.98 Å². The van der Waals surface area contributed by atoms with E-state index in [9.17, 15) is 4.79 Å². The summed E-state index contributed by atoms with van der Waals surface area (Å²) in [4.78, 5) is 18.5. The zero-order chi connectivity index (χ0) is 14.4. The number of aryl methyl sites for hydroxylation is 2. The average Bonchev–Trinajstić information content (AvgIpc) is 3.07. The van der Waals surface area contributed by atoms with Crippen LogP contribution < -0.4 is 5.32 Å². The fraction of sp³-hybridized carbons (Fsp3) is 0.786. The van der Waals surface area contributed by atoms with Crippen molar-refractivity contribution >= 4 is 5.91 Å². The third kappa shape index (κ3) is 4.03. The molecule has 0 aromatic carbocycles. The molecule has 1 fully saturated rings. The molecule has 0 bridgehead atoms. The molecular formula is C14H24N4O2. The summed E-state index contributed by atoms with van der Waals surface area (Å²) in [6.45, 7) is 6.71. The zero-order valence-corrected chi connectivity index (χ0v) is 12.4. The van der Waals surface area contributed by atoms with Crippen molar-refractivity contribution in [2.75, 3.05) is 19.6 Å². The van der Waals surface area contributed by atoms with Crippen molar-refractivity contribution in [2.45, 2.75) is 52.0 Å². The summed E-state index contributed by atoms with van der Waals surface area (Å²) in [7, 11) is 0. The molecule has 1 unspecified atom stereocenters. The van der Waals surface area contributed by atoms with Gasteiger partial charge in [0.15, 0.2) is 5.82 Å². The SMILES string of the molecule is CCCN(C(=O)CCCc1nc(C)no1)C1CCNC1. The lowest BCUT2D eigenvalue weighted by molar-refractivity contribution is -0.133. The maximum Gasteiger partial charge on any atom is 0.226 e. The van der Waals surface area contributed by atoms with Gasteiger partial charge < -0.3 is 14.7 Å². The van der Waals surface area contributed by atoms with Crippen LogP contribution in [-0.2, 0) is 11.2 Å². The molecule has 1 atom stereocenters. The van der Waals surface area contributed by atoms with Crippen LogP contribution in [0.1, 0.15) is 44.3 Å². The van der Waals surface area contributed by atoms with E-state index in [0.29, 0.717) is 30.6 Å². The van der Waals surface area contributed by atoms with Crippen LogP contribution in [0.25, 0.3) is 0 Å². The predicted molar refractivity (Wildman–Crippen MR) is 75.3 cm³/mol. The van der Waals surface area contributed by atoms with Gasteiger partial charge in [0.25, 0.3) is 0 Å². The number of hydrogen-bond donors (Lipinski definition) is 1. The van der Waals surface area contributed by atoms with Crippen LogP contribution in [0.5, 0.6) is 0 Å². The van der Waals surface area contributed by atoms with Gasteiger partial charge >= 0.3 is 0 Å². The van der Waals surface area contributed by atoms with Gasteiger partial charge in [-0.05, 0) is 32.7 Å². The number of nitrogens with one attached hydrogen (secondary N) is 1. The molecule has 1 aromatic heterocycles. The maximum atomic E-state index is 12.3. The van der Waals surface area contributed by atoms with E-state index >= 15 is 0 Å². The summed E-state index contributed by atoms with van der Waals surface area (Å²) in [6, 6.07) is 0.369. The van der Waals surface area contributed by atoms with Crippen molar-refractivity contribution in [3.05, 3.63) is 11.7 Å². The third-order valence-electron chi connectivity index (χ3n) is 3.61. The highest BCUT2D eigenvalue weighted by Crippen LogP contribution is 2.13. The molecule has 112 valence electrons. The van der Waals surface area contributed by atoms with Crippen molar-refractivity contribution in [3.63, 3.8) is 0 Å². The summed E-state index contributed by atoms with van der Waals surface area (Å²) >= 11 is 0. The first kappa shape index (κ1) is 15.0. The largest absolute Gasteiger partial charge is 0.339 e. The lowest BCUT2D eigenvalue weighted by Crippen LogP contribution is -2.42. The van der Waals surface area contributed by atoms with E-state index in [1.807, 2.05) is 4.90 Å². The second-order valence-electron chi connectivity index (χ2n) is 5.32. The Bertz CT molecular complexity index is 427. The van der Waals surface area contributed by atoms with Crippen LogP contribution in [-0.4, -0.2) is 46.6 Å². The number of nitrogens with zero attached hydrogens (tertiary/aromatic N) is 3. The van der Waals surface area contributed by atoms with Crippen molar-refractivity contribution in [3.8, 4) is 0 Å². The maximum absolute atomic E-state index is 12.3. The molecule has 1 amide bonds. The van der Waals surface area contributed by atoms with Crippen molar-refractivity contribution < 1.29 is 9.32 Å². The highest BCUT2D eigenvalue weighted by molar-refractivity contribution is 5.76. The molecule has 1 saturated heterocycles. The Balaban J connectivity index is 1.78. The summed E-state index contributed by atoms with van der Waals surface area (Å²) in [6.07, 6.45) is 4.06. The topological polar surface area (TPSA) is 71.3 Å². The molecule has 1 aliphatic heterocycles. The number of carbonyl (C=O) groups excluding carboxylic acids is 1. The Morgan fingerprint density at radius 2 is 2.40 bits per heavy atom. The predicted octanol–water partition coefficient (Wildman–Crippen LogP) is 1.30. The first-order valence-electron chi connectivity index (χ1n) is 7.50. The zero-order valence-electron chi connectivity index (χ0n) is 12.4. The molecule has 1 aromatic rings. The van der Waals surface area contributed by atoms with Crippen LogP contribution in [0.15, 0.2) is 4.52 Å². The van der Waals surface area contributed by atoms with Crippen LogP contribution in [0.3, 0.4) is 0 Å².